The Balaban J connectivity index is 1.97. The third-order valence-electron chi connectivity index (χ3n) is 5.87. The van der Waals surface area contributed by atoms with E-state index in [1.165, 1.54) is 17.6 Å². The number of nitrogens with one attached hydrogen (secondary N) is 2. The van der Waals surface area contributed by atoms with Gasteiger partial charge in [-0.2, -0.15) is 0 Å². The maximum atomic E-state index is 13.3. The minimum Gasteiger partial charge on any atom is -0.394 e. The van der Waals surface area contributed by atoms with Gasteiger partial charge in [0.05, 0.1) is 24.2 Å². The number of aliphatic hydroxyl groups excluding tert-OH is 4. The molecule has 3 atom stereocenters. The van der Waals surface area contributed by atoms with Gasteiger partial charge in [0.2, 0.25) is 0 Å². The van der Waals surface area contributed by atoms with Crippen molar-refractivity contribution in [2.24, 2.45) is 0 Å². The number of aryl methyl sites for hydroxylation is 2. The molecule has 36 heavy (non-hydrogen) atoms. The molecule has 12 nitrogen and oxygen atoms in total. The second-order valence-corrected chi connectivity index (χ2v) is 8.43. The van der Waals surface area contributed by atoms with Crippen molar-refractivity contribution in [3.05, 3.63) is 74.7 Å². The molecule has 0 spiro atoms. The van der Waals surface area contributed by atoms with Gasteiger partial charge in [0.25, 0.3) is 17.4 Å². The smallest absolute Gasteiger partial charge is 0.282 e. The SMILES string of the molecule is Cc1cc2nc(C(=O)NCc3cccc(C(=O)NO)c3)c(=O)n(C[C@H](O)[C@H](O)[C@H](O)CO)c2cc1C. The Labute approximate surface area is 205 Å². The Bertz CT molecular complexity index is 1340. The summed E-state index contributed by atoms with van der Waals surface area (Å²) in [7, 11) is 0. The van der Waals surface area contributed by atoms with Crippen molar-refractivity contribution < 1.29 is 35.2 Å². The van der Waals surface area contributed by atoms with E-state index >= 15 is 0 Å². The maximum absolute atomic E-state index is 13.3. The molecule has 1 aromatic heterocycles. The molecule has 12 heteroatoms. The normalized spacial score (nSPS) is 13.8. The molecular formula is C24H28N4O8. The molecule has 2 aromatic carbocycles. The fourth-order valence-electron chi connectivity index (χ4n) is 3.64. The van der Waals surface area contributed by atoms with Gasteiger partial charge in [-0.05, 0) is 54.8 Å². The Morgan fingerprint density at radius 1 is 1.03 bits per heavy atom. The van der Waals surface area contributed by atoms with Crippen molar-refractivity contribution in [3.8, 4) is 0 Å². The number of hydroxylamine groups is 1. The highest BCUT2D eigenvalue weighted by atomic mass is 16.5. The molecule has 0 bridgehead atoms. The molecule has 0 aliphatic carbocycles. The fourth-order valence-corrected chi connectivity index (χ4v) is 3.64. The number of aliphatic hydroxyl groups is 4. The maximum Gasteiger partial charge on any atom is 0.282 e. The van der Waals surface area contributed by atoms with Gasteiger partial charge in [-0.1, -0.05) is 12.1 Å². The fraction of sp³-hybridized carbons (Fsp3) is 0.333. The van der Waals surface area contributed by atoms with E-state index in [2.05, 4.69) is 10.3 Å². The van der Waals surface area contributed by atoms with Crippen molar-refractivity contribution in [1.82, 2.24) is 20.3 Å². The third kappa shape index (κ3) is 5.75. The van der Waals surface area contributed by atoms with E-state index < -0.39 is 54.5 Å². The van der Waals surface area contributed by atoms with Crippen molar-refractivity contribution in [3.63, 3.8) is 0 Å². The molecule has 192 valence electrons. The zero-order valence-electron chi connectivity index (χ0n) is 19.7. The summed E-state index contributed by atoms with van der Waals surface area (Å²) in [5.41, 5.74) is 3.21. The van der Waals surface area contributed by atoms with E-state index in [9.17, 15) is 29.7 Å². The number of benzene rings is 2. The van der Waals surface area contributed by atoms with Crippen LogP contribution >= 0.6 is 0 Å². The summed E-state index contributed by atoms with van der Waals surface area (Å²) in [6, 6.07) is 9.47. The second-order valence-electron chi connectivity index (χ2n) is 8.43. The lowest BCUT2D eigenvalue weighted by atomic mass is 10.1. The number of hydrogen-bond acceptors (Lipinski definition) is 9. The Kier molecular flexibility index (Phi) is 8.50. The average molecular weight is 501 g/mol. The van der Waals surface area contributed by atoms with Crippen molar-refractivity contribution in [2.45, 2.75) is 45.2 Å². The van der Waals surface area contributed by atoms with E-state index in [0.29, 0.717) is 16.6 Å². The van der Waals surface area contributed by atoms with Crippen molar-refractivity contribution in [2.75, 3.05) is 6.61 Å². The molecule has 0 fully saturated rings. The van der Waals surface area contributed by atoms with Gasteiger partial charge in [0.1, 0.15) is 18.3 Å². The van der Waals surface area contributed by atoms with Crippen LogP contribution < -0.4 is 16.4 Å². The summed E-state index contributed by atoms with van der Waals surface area (Å²) in [4.78, 5) is 42.1. The molecular weight excluding hydrogens is 472 g/mol. The highest BCUT2D eigenvalue weighted by Gasteiger charge is 2.27. The predicted molar refractivity (Wildman–Crippen MR) is 127 cm³/mol. The van der Waals surface area contributed by atoms with Crippen molar-refractivity contribution >= 4 is 22.8 Å². The molecule has 0 saturated carbocycles. The molecule has 0 aliphatic heterocycles. The lowest BCUT2D eigenvalue weighted by Crippen LogP contribution is -2.44. The average Bonchev–Trinajstić information content (AvgIpc) is 2.88. The number of fused-ring (bicyclic) bond motifs is 1. The van der Waals surface area contributed by atoms with E-state index in [-0.39, 0.29) is 12.1 Å². The number of aromatic nitrogens is 2. The van der Waals surface area contributed by atoms with Crippen molar-refractivity contribution in [1.29, 1.82) is 0 Å². The quantitative estimate of drug-likeness (QED) is 0.144. The van der Waals surface area contributed by atoms with E-state index in [1.807, 2.05) is 13.8 Å². The molecule has 0 saturated heterocycles. The number of rotatable bonds is 9. The minimum atomic E-state index is -1.74. The molecule has 3 aromatic rings. The molecule has 0 unspecified atom stereocenters. The van der Waals surface area contributed by atoms with E-state index in [4.69, 9.17) is 10.3 Å². The zero-order valence-corrected chi connectivity index (χ0v) is 19.7. The number of carbonyl (C=O) groups excluding carboxylic acids is 2. The van der Waals surface area contributed by atoms with Crippen LogP contribution in [0.15, 0.2) is 41.2 Å². The second kappa shape index (κ2) is 11.4. The topological polar surface area (TPSA) is 194 Å². The number of hydrogen-bond donors (Lipinski definition) is 7. The van der Waals surface area contributed by atoms with Gasteiger partial charge < -0.3 is 30.3 Å². The lowest BCUT2D eigenvalue weighted by Gasteiger charge is -2.23. The molecule has 0 radical (unpaired) electrons. The van der Waals surface area contributed by atoms with Gasteiger partial charge in [0, 0.05) is 12.1 Å². The van der Waals surface area contributed by atoms with Crippen LogP contribution in [0.2, 0.25) is 0 Å². The van der Waals surface area contributed by atoms with E-state index in [0.717, 1.165) is 15.7 Å². The summed E-state index contributed by atoms with van der Waals surface area (Å²) in [6.07, 6.45) is -5.00. The van der Waals surface area contributed by atoms with E-state index in [1.54, 1.807) is 24.3 Å². The van der Waals surface area contributed by atoms with Gasteiger partial charge in [0.15, 0.2) is 5.69 Å². The molecule has 7 N–H and O–H groups in total. The summed E-state index contributed by atoms with van der Waals surface area (Å²) >= 11 is 0. The standard InChI is InChI=1S/C24H28N4O8/c1-12-6-16-17(7-13(12)2)28(10-18(30)21(32)19(31)11-29)24(35)20(26-16)23(34)25-9-14-4-3-5-15(8-14)22(33)27-36/h3-8,18-19,21,29-32,36H,9-11H2,1-2H3,(H,25,34)(H,27,33)/t18-,19+,21-/m0/s1. The predicted octanol–water partition coefficient (Wildman–Crippen LogP) is -0.863. The largest absolute Gasteiger partial charge is 0.394 e. The van der Waals surface area contributed by atoms with Crippen LogP contribution in [0.4, 0.5) is 0 Å². The Morgan fingerprint density at radius 3 is 2.39 bits per heavy atom. The van der Waals surface area contributed by atoms with Gasteiger partial charge in [-0.15, -0.1) is 0 Å². The summed E-state index contributed by atoms with van der Waals surface area (Å²) < 4.78 is 1.09. The highest BCUT2D eigenvalue weighted by molar-refractivity contribution is 5.94. The molecule has 2 amide bonds. The van der Waals surface area contributed by atoms with Crippen LogP contribution in [0.3, 0.4) is 0 Å². The van der Waals surface area contributed by atoms with Gasteiger partial charge in [-0.3, -0.25) is 19.6 Å². The number of amides is 2. The Hall–Kier alpha value is -3.68. The third-order valence-corrected chi connectivity index (χ3v) is 5.87. The van der Waals surface area contributed by atoms with Gasteiger partial charge >= 0.3 is 0 Å². The summed E-state index contributed by atoms with van der Waals surface area (Å²) in [5, 5.41) is 50.5. The monoisotopic (exact) mass is 500 g/mol. The summed E-state index contributed by atoms with van der Waals surface area (Å²) in [6.45, 7) is 2.32. The summed E-state index contributed by atoms with van der Waals surface area (Å²) in [5.74, 6) is -1.53. The number of carbonyl (C=O) groups is 2. The molecule has 1 heterocycles. The molecule has 3 rings (SSSR count). The minimum absolute atomic E-state index is 0.0541. The van der Waals surface area contributed by atoms with Crippen LogP contribution in [0.1, 0.15) is 37.5 Å². The number of nitrogens with zero attached hydrogens (tertiary/aromatic N) is 2. The first-order valence-electron chi connectivity index (χ1n) is 11.1. The van der Waals surface area contributed by atoms with Crippen LogP contribution in [-0.2, 0) is 13.1 Å². The van der Waals surface area contributed by atoms with Crippen LogP contribution in [0.5, 0.6) is 0 Å². The van der Waals surface area contributed by atoms with Crippen LogP contribution in [-0.4, -0.2) is 71.9 Å². The van der Waals surface area contributed by atoms with Crippen LogP contribution in [0.25, 0.3) is 11.0 Å². The Morgan fingerprint density at radius 2 is 1.72 bits per heavy atom. The highest BCUT2D eigenvalue weighted by Crippen LogP contribution is 2.18. The molecule has 0 aliphatic rings. The first-order valence-corrected chi connectivity index (χ1v) is 11.1. The first-order chi connectivity index (χ1) is 17.1. The zero-order chi connectivity index (χ0) is 26.6. The van der Waals surface area contributed by atoms with Gasteiger partial charge in [-0.25, -0.2) is 10.5 Å². The lowest BCUT2D eigenvalue weighted by molar-refractivity contribution is -0.0805. The first kappa shape index (κ1) is 26.9. The van der Waals surface area contributed by atoms with Crippen LogP contribution in [0, 0.1) is 13.8 Å².